The fourth-order valence-electron chi connectivity index (χ4n) is 1.13. The van der Waals surface area contributed by atoms with Gasteiger partial charge >= 0.3 is 0 Å². The van der Waals surface area contributed by atoms with Gasteiger partial charge in [-0.25, -0.2) is 0 Å². The monoisotopic (exact) mass is 194 g/mol. The minimum atomic E-state index is 0.0366. The third-order valence-electron chi connectivity index (χ3n) is 1.90. The van der Waals surface area contributed by atoms with Crippen molar-refractivity contribution < 1.29 is 5.11 Å². The van der Waals surface area contributed by atoms with E-state index in [0.717, 1.165) is 12.0 Å². The number of aliphatic hydroxyl groups excluding tert-OH is 1. The van der Waals surface area contributed by atoms with Crippen LogP contribution >= 0.6 is 12.6 Å². The van der Waals surface area contributed by atoms with E-state index in [4.69, 9.17) is 5.11 Å². The molecule has 1 aromatic carbocycles. The van der Waals surface area contributed by atoms with Crippen molar-refractivity contribution in [1.82, 2.24) is 0 Å². The summed E-state index contributed by atoms with van der Waals surface area (Å²) in [6.45, 7) is 3.80. The second-order valence-corrected chi connectivity index (χ2v) is 3.72. The van der Waals surface area contributed by atoms with Crippen LogP contribution in [0.1, 0.15) is 11.1 Å². The van der Waals surface area contributed by atoms with Gasteiger partial charge in [0.25, 0.3) is 0 Å². The number of hydrogen-bond acceptors (Lipinski definition) is 2. The van der Waals surface area contributed by atoms with Gasteiger partial charge in [0, 0.05) is 5.25 Å². The molecule has 0 spiro atoms. The predicted octanol–water partition coefficient (Wildman–Crippen LogP) is 2.16. The van der Waals surface area contributed by atoms with Crippen molar-refractivity contribution in [3.63, 3.8) is 0 Å². The second kappa shape index (κ2) is 5.10. The molecule has 0 fully saturated rings. The summed E-state index contributed by atoms with van der Waals surface area (Å²) < 4.78 is 0. The van der Waals surface area contributed by atoms with Crippen molar-refractivity contribution in [3.8, 4) is 0 Å². The van der Waals surface area contributed by atoms with Gasteiger partial charge in [-0.15, -0.1) is 0 Å². The van der Waals surface area contributed by atoms with Crippen molar-refractivity contribution in [2.75, 3.05) is 6.61 Å². The topological polar surface area (TPSA) is 20.2 Å². The van der Waals surface area contributed by atoms with Crippen LogP contribution in [0.25, 0.3) is 6.08 Å². The molecule has 70 valence electrons. The van der Waals surface area contributed by atoms with Crippen LogP contribution in [-0.2, 0) is 6.42 Å². The molecule has 0 aliphatic rings. The highest BCUT2D eigenvalue weighted by molar-refractivity contribution is 7.81. The molecule has 0 radical (unpaired) electrons. The first-order valence-corrected chi connectivity index (χ1v) is 4.78. The largest absolute Gasteiger partial charge is 0.395 e. The molecule has 1 atom stereocenters. The van der Waals surface area contributed by atoms with Crippen LogP contribution in [0.15, 0.2) is 30.8 Å². The lowest BCUT2D eigenvalue weighted by molar-refractivity contribution is 0.295. The quantitative estimate of drug-likeness (QED) is 0.704. The molecule has 0 amide bonds. The molecule has 0 saturated heterocycles. The highest BCUT2D eigenvalue weighted by Gasteiger charge is 2.01. The Morgan fingerprint density at radius 1 is 1.38 bits per heavy atom. The summed E-state index contributed by atoms with van der Waals surface area (Å²) in [7, 11) is 0. The third kappa shape index (κ3) is 3.25. The second-order valence-electron chi connectivity index (χ2n) is 2.99. The van der Waals surface area contributed by atoms with E-state index in [9.17, 15) is 0 Å². The summed E-state index contributed by atoms with van der Waals surface area (Å²) in [4.78, 5) is 0. The number of benzene rings is 1. The summed E-state index contributed by atoms with van der Waals surface area (Å²) in [5.74, 6) is 0. The number of aliphatic hydroxyl groups is 1. The lowest BCUT2D eigenvalue weighted by Crippen LogP contribution is -2.08. The van der Waals surface area contributed by atoms with Gasteiger partial charge < -0.3 is 5.11 Å². The highest BCUT2D eigenvalue weighted by Crippen LogP contribution is 2.09. The molecular weight excluding hydrogens is 180 g/mol. The normalized spacial score (nSPS) is 12.5. The van der Waals surface area contributed by atoms with E-state index in [1.807, 2.05) is 30.3 Å². The standard InChI is InChI=1S/C11H14OS/c1-2-9-3-5-10(6-4-9)7-11(13)8-12/h2-6,11-13H,1,7-8H2. The minimum absolute atomic E-state index is 0.0366. The van der Waals surface area contributed by atoms with Crippen LogP contribution in [0.4, 0.5) is 0 Å². The van der Waals surface area contributed by atoms with Gasteiger partial charge in [0.15, 0.2) is 0 Å². The zero-order valence-electron chi connectivity index (χ0n) is 7.48. The van der Waals surface area contributed by atoms with Crippen molar-refractivity contribution in [1.29, 1.82) is 0 Å². The Labute approximate surface area is 84.5 Å². The molecule has 1 unspecified atom stereocenters. The first-order valence-electron chi connectivity index (χ1n) is 4.26. The maximum atomic E-state index is 8.80. The van der Waals surface area contributed by atoms with Gasteiger partial charge in [-0.1, -0.05) is 36.9 Å². The smallest absolute Gasteiger partial charge is 0.0550 e. The number of thiol groups is 1. The summed E-state index contributed by atoms with van der Waals surface area (Å²) in [6, 6.07) is 8.10. The van der Waals surface area contributed by atoms with Crippen LogP contribution in [0, 0.1) is 0 Å². The Balaban J connectivity index is 2.63. The maximum absolute atomic E-state index is 8.80. The van der Waals surface area contributed by atoms with E-state index < -0.39 is 0 Å². The third-order valence-corrected chi connectivity index (χ3v) is 2.24. The number of hydrogen-bond donors (Lipinski definition) is 2. The molecule has 0 aliphatic carbocycles. The molecule has 13 heavy (non-hydrogen) atoms. The molecule has 0 aliphatic heterocycles. The Bertz CT molecular complexity index is 266. The van der Waals surface area contributed by atoms with Gasteiger partial charge in [-0.3, -0.25) is 0 Å². The van der Waals surface area contributed by atoms with Gasteiger partial charge in [0.05, 0.1) is 6.61 Å². The van der Waals surface area contributed by atoms with Crippen LogP contribution in [0.2, 0.25) is 0 Å². The average molecular weight is 194 g/mol. The van der Waals surface area contributed by atoms with E-state index in [1.54, 1.807) is 0 Å². The maximum Gasteiger partial charge on any atom is 0.0550 e. The summed E-state index contributed by atoms with van der Waals surface area (Å²) in [6.07, 6.45) is 2.62. The molecule has 0 heterocycles. The Morgan fingerprint density at radius 3 is 2.46 bits per heavy atom. The first kappa shape index (κ1) is 10.4. The lowest BCUT2D eigenvalue weighted by atomic mass is 10.1. The average Bonchev–Trinajstić information content (AvgIpc) is 2.19. The fraction of sp³-hybridized carbons (Fsp3) is 0.273. The SMILES string of the molecule is C=Cc1ccc(CC(S)CO)cc1. The molecule has 2 heteroatoms. The zero-order valence-corrected chi connectivity index (χ0v) is 8.37. The molecule has 1 nitrogen and oxygen atoms in total. The van der Waals surface area contributed by atoms with Gasteiger partial charge in [-0.05, 0) is 17.5 Å². The van der Waals surface area contributed by atoms with Crippen molar-refractivity contribution in [3.05, 3.63) is 42.0 Å². The first-order chi connectivity index (χ1) is 6.26. The zero-order chi connectivity index (χ0) is 9.68. The van der Waals surface area contributed by atoms with Crippen LogP contribution in [0.3, 0.4) is 0 Å². The van der Waals surface area contributed by atoms with Crippen LogP contribution in [-0.4, -0.2) is 17.0 Å². The summed E-state index contributed by atoms with van der Waals surface area (Å²) >= 11 is 4.22. The Morgan fingerprint density at radius 2 is 2.00 bits per heavy atom. The molecule has 0 bridgehead atoms. The van der Waals surface area contributed by atoms with E-state index in [-0.39, 0.29) is 11.9 Å². The van der Waals surface area contributed by atoms with Gasteiger partial charge in [-0.2, -0.15) is 12.6 Å². The fourth-order valence-corrected chi connectivity index (χ4v) is 1.34. The molecule has 1 aromatic rings. The van der Waals surface area contributed by atoms with E-state index in [0.29, 0.717) is 0 Å². The van der Waals surface area contributed by atoms with Gasteiger partial charge in [0.1, 0.15) is 0 Å². The summed E-state index contributed by atoms with van der Waals surface area (Å²) in [5.41, 5.74) is 2.31. The van der Waals surface area contributed by atoms with Gasteiger partial charge in [0.2, 0.25) is 0 Å². The Kier molecular flexibility index (Phi) is 4.06. The summed E-state index contributed by atoms with van der Waals surface area (Å²) in [5, 5.41) is 8.84. The lowest BCUT2D eigenvalue weighted by Gasteiger charge is -2.06. The van der Waals surface area contributed by atoms with E-state index in [1.165, 1.54) is 5.56 Å². The van der Waals surface area contributed by atoms with Crippen molar-refractivity contribution in [2.24, 2.45) is 0 Å². The molecular formula is C11H14OS. The molecule has 1 N–H and O–H groups in total. The molecule has 0 aromatic heterocycles. The Hall–Kier alpha value is -0.730. The van der Waals surface area contributed by atoms with Crippen molar-refractivity contribution >= 4 is 18.7 Å². The molecule has 0 saturated carbocycles. The van der Waals surface area contributed by atoms with Crippen LogP contribution in [0.5, 0.6) is 0 Å². The van der Waals surface area contributed by atoms with Crippen LogP contribution < -0.4 is 0 Å². The highest BCUT2D eigenvalue weighted by atomic mass is 32.1. The minimum Gasteiger partial charge on any atom is -0.395 e. The van der Waals surface area contributed by atoms with Crippen molar-refractivity contribution in [2.45, 2.75) is 11.7 Å². The molecule has 1 rings (SSSR count). The van der Waals surface area contributed by atoms with E-state index >= 15 is 0 Å². The predicted molar refractivity (Wildman–Crippen MR) is 60.1 cm³/mol. The van der Waals surface area contributed by atoms with E-state index in [2.05, 4.69) is 19.2 Å². The number of rotatable bonds is 4.